The van der Waals surface area contributed by atoms with Crippen LogP contribution >= 0.6 is 11.6 Å². The molecule has 0 bridgehead atoms. The van der Waals surface area contributed by atoms with Crippen LogP contribution in [0.15, 0.2) is 42.6 Å². The molecule has 5 nitrogen and oxygen atoms in total. The van der Waals surface area contributed by atoms with E-state index in [0.717, 1.165) is 27.7 Å². The van der Waals surface area contributed by atoms with Gasteiger partial charge in [0.1, 0.15) is 11.2 Å². The van der Waals surface area contributed by atoms with Crippen LogP contribution < -0.4 is 5.32 Å². The third kappa shape index (κ3) is 2.46. The molecule has 0 saturated heterocycles. The number of nitrogens with zero attached hydrogens (tertiary/aromatic N) is 1. The number of rotatable bonds is 2. The number of carbonyl (C=O) groups is 1. The number of aromatic amines is 1. The van der Waals surface area contributed by atoms with E-state index in [2.05, 4.69) is 21.4 Å². The number of para-hydroxylation sites is 1. The van der Waals surface area contributed by atoms with Crippen LogP contribution in [0.2, 0.25) is 5.15 Å². The van der Waals surface area contributed by atoms with Gasteiger partial charge < -0.3 is 9.72 Å². The zero-order valence-electron chi connectivity index (χ0n) is 13.0. The molecule has 1 aromatic carbocycles. The van der Waals surface area contributed by atoms with Crippen LogP contribution in [0, 0.1) is 0 Å². The van der Waals surface area contributed by atoms with Crippen LogP contribution in [0.4, 0.5) is 0 Å². The van der Waals surface area contributed by atoms with Gasteiger partial charge in [0.15, 0.2) is 0 Å². The fourth-order valence-electron chi connectivity index (χ4n) is 3.35. The van der Waals surface area contributed by atoms with Gasteiger partial charge in [0.25, 0.3) is 0 Å². The number of hydrogen-bond donors (Lipinski definition) is 2. The lowest BCUT2D eigenvalue weighted by Gasteiger charge is -2.30. The molecule has 122 valence electrons. The fraction of sp³-hybridized carbons (Fsp3) is 0.222. The number of fused-ring (bicyclic) bond motifs is 3. The summed E-state index contributed by atoms with van der Waals surface area (Å²) in [6.07, 6.45) is 2.32. The van der Waals surface area contributed by atoms with Gasteiger partial charge in [-0.25, -0.2) is 4.98 Å². The number of benzene rings is 1. The van der Waals surface area contributed by atoms with Crippen molar-refractivity contribution in [1.82, 2.24) is 15.3 Å². The number of esters is 1. The molecule has 1 aliphatic heterocycles. The smallest absolute Gasteiger partial charge is 0.323 e. The molecular weight excluding hydrogens is 326 g/mol. The molecule has 2 aromatic heterocycles. The number of aromatic nitrogens is 2. The summed E-state index contributed by atoms with van der Waals surface area (Å²) in [4.78, 5) is 19.8. The number of pyridine rings is 1. The number of H-pyrrole nitrogens is 1. The van der Waals surface area contributed by atoms with E-state index >= 15 is 0 Å². The molecule has 2 atom stereocenters. The number of hydrogen-bond acceptors (Lipinski definition) is 4. The molecule has 0 aliphatic carbocycles. The summed E-state index contributed by atoms with van der Waals surface area (Å²) < 4.78 is 4.95. The number of methoxy groups -OCH3 is 1. The predicted molar refractivity (Wildman–Crippen MR) is 92.0 cm³/mol. The summed E-state index contributed by atoms with van der Waals surface area (Å²) >= 11 is 5.90. The van der Waals surface area contributed by atoms with Gasteiger partial charge >= 0.3 is 5.97 Å². The zero-order valence-corrected chi connectivity index (χ0v) is 13.8. The summed E-state index contributed by atoms with van der Waals surface area (Å²) in [5, 5.41) is 4.94. The first kappa shape index (κ1) is 15.2. The fourth-order valence-corrected chi connectivity index (χ4v) is 3.46. The summed E-state index contributed by atoms with van der Waals surface area (Å²) in [6, 6.07) is 11.2. The van der Waals surface area contributed by atoms with Crippen molar-refractivity contribution in [3.05, 3.63) is 64.6 Å². The van der Waals surface area contributed by atoms with E-state index in [1.54, 1.807) is 12.3 Å². The molecule has 3 aromatic rings. The van der Waals surface area contributed by atoms with Crippen LogP contribution in [-0.4, -0.2) is 29.1 Å². The third-order valence-electron chi connectivity index (χ3n) is 4.48. The molecule has 4 rings (SSSR count). The Bertz CT molecular complexity index is 904. The van der Waals surface area contributed by atoms with Gasteiger partial charge in [0.05, 0.1) is 13.2 Å². The Hall–Kier alpha value is -2.37. The van der Waals surface area contributed by atoms with Gasteiger partial charge in [-0.15, -0.1) is 0 Å². The normalized spacial score (nSPS) is 19.9. The second-order valence-corrected chi connectivity index (χ2v) is 6.24. The second kappa shape index (κ2) is 5.92. The molecule has 0 unspecified atom stereocenters. The Morgan fingerprint density at radius 2 is 2.12 bits per heavy atom. The monoisotopic (exact) mass is 341 g/mol. The van der Waals surface area contributed by atoms with E-state index < -0.39 is 6.04 Å². The summed E-state index contributed by atoms with van der Waals surface area (Å²) in [6.45, 7) is 0. The Kier molecular flexibility index (Phi) is 3.75. The van der Waals surface area contributed by atoms with Crippen molar-refractivity contribution in [3.63, 3.8) is 0 Å². The first-order valence-corrected chi connectivity index (χ1v) is 8.10. The van der Waals surface area contributed by atoms with Crippen molar-refractivity contribution >= 4 is 28.5 Å². The maximum absolute atomic E-state index is 12.1. The first-order chi connectivity index (χ1) is 11.7. The van der Waals surface area contributed by atoms with Gasteiger partial charge in [-0.3, -0.25) is 10.1 Å². The Morgan fingerprint density at radius 1 is 1.29 bits per heavy atom. The van der Waals surface area contributed by atoms with Gasteiger partial charge in [-0.05, 0) is 23.3 Å². The minimum absolute atomic E-state index is 0.171. The predicted octanol–water partition coefficient (Wildman–Crippen LogP) is 2.99. The second-order valence-electron chi connectivity index (χ2n) is 5.86. The highest BCUT2D eigenvalue weighted by Gasteiger charge is 2.34. The number of nitrogens with one attached hydrogen (secondary N) is 2. The van der Waals surface area contributed by atoms with Crippen molar-refractivity contribution < 1.29 is 9.53 Å². The molecule has 6 heteroatoms. The van der Waals surface area contributed by atoms with Gasteiger partial charge in [-0.2, -0.15) is 0 Å². The van der Waals surface area contributed by atoms with E-state index in [1.165, 1.54) is 7.11 Å². The SMILES string of the molecule is COC(=O)[C@H]1Cc2c([nH]c3ccccc23)[C@H](c2ccc(Cl)nc2)N1. The van der Waals surface area contributed by atoms with Crippen molar-refractivity contribution in [2.75, 3.05) is 7.11 Å². The maximum atomic E-state index is 12.1. The molecule has 0 saturated carbocycles. The van der Waals surface area contributed by atoms with Crippen LogP contribution in [0.1, 0.15) is 22.9 Å². The molecule has 0 fully saturated rings. The average molecular weight is 342 g/mol. The lowest BCUT2D eigenvalue weighted by molar-refractivity contribution is -0.143. The molecule has 0 spiro atoms. The average Bonchev–Trinajstić information content (AvgIpc) is 2.99. The highest BCUT2D eigenvalue weighted by atomic mass is 35.5. The zero-order chi connectivity index (χ0) is 16.7. The number of halogens is 1. The molecule has 24 heavy (non-hydrogen) atoms. The van der Waals surface area contributed by atoms with Gasteiger partial charge in [0.2, 0.25) is 0 Å². The molecule has 1 aliphatic rings. The highest BCUT2D eigenvalue weighted by molar-refractivity contribution is 6.29. The van der Waals surface area contributed by atoms with Gasteiger partial charge in [0, 0.05) is 29.2 Å². The Labute approximate surface area is 144 Å². The topological polar surface area (TPSA) is 67.0 Å². The van der Waals surface area contributed by atoms with Crippen LogP contribution in [-0.2, 0) is 16.0 Å². The van der Waals surface area contributed by atoms with Crippen LogP contribution in [0.3, 0.4) is 0 Å². The quantitative estimate of drug-likeness (QED) is 0.555. The summed E-state index contributed by atoms with van der Waals surface area (Å²) in [5.41, 5.74) is 4.20. The van der Waals surface area contributed by atoms with E-state index in [-0.39, 0.29) is 12.0 Å². The van der Waals surface area contributed by atoms with Gasteiger partial charge in [-0.1, -0.05) is 35.9 Å². The molecule has 0 amide bonds. The minimum atomic E-state index is -0.401. The lowest BCUT2D eigenvalue weighted by Crippen LogP contribution is -2.45. The highest BCUT2D eigenvalue weighted by Crippen LogP contribution is 2.35. The molecular formula is C18H16ClN3O2. The largest absolute Gasteiger partial charge is 0.468 e. The van der Waals surface area contributed by atoms with E-state index in [4.69, 9.17) is 16.3 Å². The molecule has 0 radical (unpaired) electrons. The standard InChI is InChI=1S/C18H16ClN3O2/c1-24-18(23)14-8-12-11-4-2-3-5-13(11)21-17(12)16(22-14)10-6-7-15(19)20-9-10/h2-7,9,14,16,21-22H,8H2,1H3/t14-,16+/m1/s1. The van der Waals surface area contributed by atoms with Crippen molar-refractivity contribution in [1.29, 1.82) is 0 Å². The van der Waals surface area contributed by atoms with E-state index in [1.807, 2.05) is 24.3 Å². The van der Waals surface area contributed by atoms with Crippen LogP contribution in [0.5, 0.6) is 0 Å². The minimum Gasteiger partial charge on any atom is -0.468 e. The molecule has 2 N–H and O–H groups in total. The lowest BCUT2D eigenvalue weighted by atomic mass is 9.91. The van der Waals surface area contributed by atoms with Crippen molar-refractivity contribution in [2.45, 2.75) is 18.5 Å². The Balaban J connectivity index is 1.86. The Morgan fingerprint density at radius 3 is 2.88 bits per heavy atom. The van der Waals surface area contributed by atoms with E-state index in [9.17, 15) is 4.79 Å². The summed E-state index contributed by atoms with van der Waals surface area (Å²) in [7, 11) is 1.41. The van der Waals surface area contributed by atoms with Crippen molar-refractivity contribution in [2.24, 2.45) is 0 Å². The number of ether oxygens (including phenoxy) is 1. The first-order valence-electron chi connectivity index (χ1n) is 7.72. The number of carbonyl (C=O) groups excluding carboxylic acids is 1. The molecule has 3 heterocycles. The summed E-state index contributed by atoms with van der Waals surface area (Å²) in [5.74, 6) is -0.266. The van der Waals surface area contributed by atoms with Crippen molar-refractivity contribution in [3.8, 4) is 0 Å². The van der Waals surface area contributed by atoms with Crippen LogP contribution in [0.25, 0.3) is 10.9 Å². The third-order valence-corrected chi connectivity index (χ3v) is 4.70. The van der Waals surface area contributed by atoms with E-state index in [0.29, 0.717) is 11.6 Å². The maximum Gasteiger partial charge on any atom is 0.323 e.